The van der Waals surface area contributed by atoms with Gasteiger partial charge in [-0.25, -0.2) is 8.42 Å². The molecule has 1 aromatic heterocycles. The quantitative estimate of drug-likeness (QED) is 0.786. The minimum atomic E-state index is -3.78. The summed E-state index contributed by atoms with van der Waals surface area (Å²) in [6.45, 7) is 5.82. The van der Waals surface area contributed by atoms with Crippen LogP contribution >= 0.6 is 0 Å². The Bertz CT molecular complexity index is 850. The summed E-state index contributed by atoms with van der Waals surface area (Å²) in [6, 6.07) is 7.51. The number of aromatic nitrogens is 1. The molecule has 7 heteroatoms. The normalized spacial score (nSPS) is 12.1. The first kappa shape index (κ1) is 19.1. The Kier molecular flexibility index (Phi) is 5.57. The van der Waals surface area contributed by atoms with Crippen LogP contribution in [0, 0.1) is 6.92 Å². The van der Waals surface area contributed by atoms with E-state index in [1.54, 1.807) is 24.1 Å². The second kappa shape index (κ2) is 7.31. The molecular weight excluding hydrogens is 338 g/mol. The topological polar surface area (TPSA) is 66.7 Å². The van der Waals surface area contributed by atoms with E-state index < -0.39 is 10.0 Å². The van der Waals surface area contributed by atoms with Crippen LogP contribution in [0.1, 0.15) is 36.8 Å². The Hall–Kier alpha value is -2.28. The molecule has 0 saturated carbocycles. The van der Waals surface area contributed by atoms with Crippen LogP contribution in [0.15, 0.2) is 39.9 Å². The maximum atomic E-state index is 13.1. The standard InChI is InChI=1S/C18H25N3O3S/c1-13(2)15-7-9-16(10-8-15)21(6)25(22,23)18-14(3)19-24-17(18)11-12-20(4)5/h7-13H,1-6H3/b12-11+. The zero-order valence-electron chi connectivity index (χ0n) is 15.5. The second-order valence-corrected chi connectivity index (χ2v) is 8.37. The summed E-state index contributed by atoms with van der Waals surface area (Å²) < 4.78 is 32.6. The van der Waals surface area contributed by atoms with Crippen molar-refractivity contribution in [3.63, 3.8) is 0 Å². The Morgan fingerprint density at radius 1 is 1.12 bits per heavy atom. The third-order valence-corrected chi connectivity index (χ3v) is 5.84. The number of nitrogens with zero attached hydrogens (tertiary/aromatic N) is 3. The third kappa shape index (κ3) is 4.04. The van der Waals surface area contributed by atoms with Crippen molar-refractivity contribution in [2.24, 2.45) is 0 Å². The number of hydrogen-bond donors (Lipinski definition) is 0. The number of rotatable bonds is 6. The summed E-state index contributed by atoms with van der Waals surface area (Å²) in [6.07, 6.45) is 3.32. The fourth-order valence-corrected chi connectivity index (χ4v) is 3.80. The molecule has 0 amide bonds. The Balaban J connectivity index is 2.43. The summed E-state index contributed by atoms with van der Waals surface area (Å²) in [5, 5.41) is 3.82. The molecule has 0 spiro atoms. The highest BCUT2D eigenvalue weighted by Crippen LogP contribution is 2.28. The summed E-state index contributed by atoms with van der Waals surface area (Å²) in [5.41, 5.74) is 2.09. The van der Waals surface area contributed by atoms with E-state index in [4.69, 9.17) is 4.52 Å². The van der Waals surface area contributed by atoms with Crippen molar-refractivity contribution < 1.29 is 12.9 Å². The predicted octanol–water partition coefficient (Wildman–Crippen LogP) is 3.46. The van der Waals surface area contributed by atoms with Crippen molar-refractivity contribution in [2.75, 3.05) is 25.4 Å². The fraction of sp³-hybridized carbons (Fsp3) is 0.389. The third-order valence-electron chi connectivity index (χ3n) is 3.90. The molecule has 0 aliphatic rings. The molecule has 0 N–H and O–H groups in total. The van der Waals surface area contributed by atoms with E-state index in [0.29, 0.717) is 17.3 Å². The molecule has 0 bridgehead atoms. The van der Waals surface area contributed by atoms with E-state index in [2.05, 4.69) is 19.0 Å². The van der Waals surface area contributed by atoms with E-state index in [9.17, 15) is 8.42 Å². The molecule has 136 valence electrons. The van der Waals surface area contributed by atoms with Gasteiger partial charge < -0.3 is 9.42 Å². The molecule has 2 rings (SSSR count). The minimum absolute atomic E-state index is 0.0843. The Morgan fingerprint density at radius 2 is 1.72 bits per heavy atom. The van der Waals surface area contributed by atoms with Gasteiger partial charge in [-0.05, 0) is 30.5 Å². The highest BCUT2D eigenvalue weighted by molar-refractivity contribution is 7.92. The van der Waals surface area contributed by atoms with Crippen molar-refractivity contribution in [1.82, 2.24) is 10.1 Å². The van der Waals surface area contributed by atoms with E-state index in [0.717, 1.165) is 5.56 Å². The maximum Gasteiger partial charge on any atom is 0.269 e. The SMILES string of the molecule is Cc1noc(/C=C/N(C)C)c1S(=O)(=O)N(C)c1ccc(C(C)C)cc1. The van der Waals surface area contributed by atoms with Crippen molar-refractivity contribution in [2.45, 2.75) is 31.6 Å². The number of hydrogen-bond acceptors (Lipinski definition) is 5. The number of anilines is 1. The Labute approximate surface area is 149 Å². The average molecular weight is 363 g/mol. The average Bonchev–Trinajstić information content (AvgIpc) is 2.93. The molecule has 6 nitrogen and oxygen atoms in total. The van der Waals surface area contributed by atoms with Gasteiger partial charge in [-0.15, -0.1) is 0 Å². The first-order chi connectivity index (χ1) is 11.6. The predicted molar refractivity (Wildman–Crippen MR) is 100 cm³/mol. The molecular formula is C18H25N3O3S. The zero-order chi connectivity index (χ0) is 18.8. The first-order valence-electron chi connectivity index (χ1n) is 8.04. The number of benzene rings is 1. The number of aryl methyl sites for hydroxylation is 1. The van der Waals surface area contributed by atoms with E-state index in [-0.39, 0.29) is 10.7 Å². The van der Waals surface area contributed by atoms with Gasteiger partial charge in [0.15, 0.2) is 10.7 Å². The largest absolute Gasteiger partial charge is 0.383 e. The first-order valence-corrected chi connectivity index (χ1v) is 9.48. The van der Waals surface area contributed by atoms with Gasteiger partial charge in [-0.1, -0.05) is 31.1 Å². The molecule has 2 aromatic rings. The van der Waals surface area contributed by atoms with Crippen molar-refractivity contribution in [3.8, 4) is 0 Å². The molecule has 1 aromatic carbocycles. The smallest absolute Gasteiger partial charge is 0.269 e. The van der Waals surface area contributed by atoms with Crippen LogP contribution < -0.4 is 4.31 Å². The van der Waals surface area contributed by atoms with Gasteiger partial charge >= 0.3 is 0 Å². The molecule has 0 radical (unpaired) electrons. The molecule has 1 heterocycles. The lowest BCUT2D eigenvalue weighted by Gasteiger charge is -2.20. The monoisotopic (exact) mass is 363 g/mol. The second-order valence-electron chi connectivity index (χ2n) is 6.46. The van der Waals surface area contributed by atoms with Crippen LogP contribution in [-0.2, 0) is 10.0 Å². The van der Waals surface area contributed by atoms with Gasteiger partial charge in [0.25, 0.3) is 10.0 Å². The summed E-state index contributed by atoms with van der Waals surface area (Å²) in [7, 11) is 1.44. The molecule has 25 heavy (non-hydrogen) atoms. The van der Waals surface area contributed by atoms with Crippen LogP contribution in [-0.4, -0.2) is 39.6 Å². The summed E-state index contributed by atoms with van der Waals surface area (Å²) >= 11 is 0. The van der Waals surface area contributed by atoms with Crippen LogP contribution in [0.5, 0.6) is 0 Å². The molecule has 0 saturated heterocycles. The van der Waals surface area contributed by atoms with Gasteiger partial charge in [0.2, 0.25) is 0 Å². The minimum Gasteiger partial charge on any atom is -0.383 e. The molecule has 0 fully saturated rings. The van der Waals surface area contributed by atoms with E-state index >= 15 is 0 Å². The van der Waals surface area contributed by atoms with Crippen molar-refractivity contribution in [3.05, 3.63) is 47.5 Å². The maximum absolute atomic E-state index is 13.1. The van der Waals surface area contributed by atoms with Crippen LogP contribution in [0.4, 0.5) is 5.69 Å². The van der Waals surface area contributed by atoms with Crippen LogP contribution in [0.3, 0.4) is 0 Å². The van der Waals surface area contributed by atoms with Gasteiger partial charge in [0, 0.05) is 33.4 Å². The molecule has 0 unspecified atom stereocenters. The van der Waals surface area contributed by atoms with Crippen molar-refractivity contribution >= 4 is 21.8 Å². The lowest BCUT2D eigenvalue weighted by Crippen LogP contribution is -2.27. The van der Waals surface area contributed by atoms with Crippen molar-refractivity contribution in [1.29, 1.82) is 0 Å². The lowest BCUT2D eigenvalue weighted by molar-refractivity contribution is 0.405. The van der Waals surface area contributed by atoms with E-state index in [1.807, 2.05) is 38.4 Å². The highest BCUT2D eigenvalue weighted by atomic mass is 32.2. The van der Waals surface area contributed by atoms with Crippen LogP contribution in [0.25, 0.3) is 6.08 Å². The molecule has 0 aliphatic carbocycles. The molecule has 0 aliphatic heterocycles. The summed E-state index contributed by atoms with van der Waals surface area (Å²) in [5.74, 6) is 0.607. The Morgan fingerprint density at radius 3 is 2.24 bits per heavy atom. The van der Waals surface area contributed by atoms with Gasteiger partial charge in [-0.3, -0.25) is 4.31 Å². The number of sulfonamides is 1. The zero-order valence-corrected chi connectivity index (χ0v) is 16.3. The highest BCUT2D eigenvalue weighted by Gasteiger charge is 2.29. The van der Waals surface area contributed by atoms with Gasteiger partial charge in [0.05, 0.1) is 5.69 Å². The summed E-state index contributed by atoms with van der Waals surface area (Å²) in [4.78, 5) is 1.88. The van der Waals surface area contributed by atoms with E-state index in [1.165, 1.54) is 11.4 Å². The van der Waals surface area contributed by atoms with Crippen LogP contribution in [0.2, 0.25) is 0 Å². The lowest BCUT2D eigenvalue weighted by atomic mass is 10.0. The van der Waals surface area contributed by atoms with Gasteiger partial charge in [0.1, 0.15) is 5.69 Å². The molecule has 0 atom stereocenters. The van der Waals surface area contributed by atoms with Gasteiger partial charge in [-0.2, -0.15) is 0 Å². The fourth-order valence-electron chi connectivity index (χ4n) is 2.36.